The molecule has 0 aliphatic carbocycles. The monoisotopic (exact) mass is 307 g/mol. The van der Waals surface area contributed by atoms with Crippen LogP contribution in [0.4, 0.5) is 5.69 Å². The van der Waals surface area contributed by atoms with Gasteiger partial charge in [-0.25, -0.2) is 9.97 Å². The quantitative estimate of drug-likeness (QED) is 0.830. The van der Waals surface area contributed by atoms with Crippen molar-refractivity contribution in [3.05, 3.63) is 17.3 Å². The number of aromatic nitrogens is 2. The van der Waals surface area contributed by atoms with Crippen molar-refractivity contribution in [3.8, 4) is 0 Å². The SMILES string of the molecule is Nc1c(C(=O)N2CCN(CCO)CC2)sc2nccnc12. The molecule has 3 heterocycles. The molecule has 0 saturated carbocycles. The number of aliphatic hydroxyl groups is 1. The number of thiophene rings is 1. The molecule has 0 atom stereocenters. The fourth-order valence-corrected chi connectivity index (χ4v) is 3.45. The molecule has 1 fully saturated rings. The van der Waals surface area contributed by atoms with Crippen LogP contribution in [-0.2, 0) is 0 Å². The number of anilines is 1. The number of nitrogen functional groups attached to an aromatic ring is 1. The van der Waals surface area contributed by atoms with Crippen LogP contribution >= 0.6 is 11.3 Å². The average molecular weight is 307 g/mol. The summed E-state index contributed by atoms with van der Waals surface area (Å²) in [6.07, 6.45) is 3.17. The molecular formula is C13H17N5O2S. The molecule has 0 radical (unpaired) electrons. The van der Waals surface area contributed by atoms with Crippen LogP contribution < -0.4 is 5.73 Å². The van der Waals surface area contributed by atoms with Gasteiger partial charge in [-0.15, -0.1) is 11.3 Å². The lowest BCUT2D eigenvalue weighted by Gasteiger charge is -2.34. The highest BCUT2D eigenvalue weighted by atomic mass is 32.1. The van der Waals surface area contributed by atoms with Gasteiger partial charge in [0.2, 0.25) is 0 Å². The van der Waals surface area contributed by atoms with Gasteiger partial charge in [-0.2, -0.15) is 0 Å². The largest absolute Gasteiger partial charge is 0.396 e. The van der Waals surface area contributed by atoms with Crippen molar-refractivity contribution in [2.45, 2.75) is 0 Å². The van der Waals surface area contributed by atoms with Gasteiger partial charge in [0.05, 0.1) is 12.3 Å². The van der Waals surface area contributed by atoms with Crippen LogP contribution in [0.3, 0.4) is 0 Å². The lowest BCUT2D eigenvalue weighted by atomic mass is 10.2. The van der Waals surface area contributed by atoms with E-state index in [-0.39, 0.29) is 12.5 Å². The zero-order valence-corrected chi connectivity index (χ0v) is 12.3. The van der Waals surface area contributed by atoms with Gasteiger partial charge in [0.25, 0.3) is 5.91 Å². The van der Waals surface area contributed by atoms with Crippen molar-refractivity contribution < 1.29 is 9.90 Å². The fraction of sp³-hybridized carbons (Fsp3) is 0.462. The zero-order valence-electron chi connectivity index (χ0n) is 11.5. The summed E-state index contributed by atoms with van der Waals surface area (Å²) < 4.78 is 0. The number of piperazine rings is 1. The van der Waals surface area contributed by atoms with Crippen LogP contribution in [0.1, 0.15) is 9.67 Å². The van der Waals surface area contributed by atoms with E-state index < -0.39 is 0 Å². The van der Waals surface area contributed by atoms with Gasteiger partial charge in [0.15, 0.2) is 0 Å². The Morgan fingerprint density at radius 1 is 1.29 bits per heavy atom. The molecule has 2 aromatic rings. The lowest BCUT2D eigenvalue weighted by Crippen LogP contribution is -2.49. The topological polar surface area (TPSA) is 95.6 Å². The Morgan fingerprint density at radius 3 is 2.67 bits per heavy atom. The van der Waals surface area contributed by atoms with E-state index in [1.165, 1.54) is 11.3 Å². The van der Waals surface area contributed by atoms with Gasteiger partial charge in [-0.1, -0.05) is 0 Å². The number of fused-ring (bicyclic) bond motifs is 1. The van der Waals surface area contributed by atoms with Gasteiger partial charge in [0, 0.05) is 45.1 Å². The molecule has 112 valence electrons. The predicted molar refractivity (Wildman–Crippen MR) is 81.3 cm³/mol. The molecule has 2 aromatic heterocycles. The number of hydrogen-bond donors (Lipinski definition) is 2. The maximum absolute atomic E-state index is 12.6. The van der Waals surface area contributed by atoms with Crippen molar-refractivity contribution >= 4 is 33.3 Å². The molecule has 1 aliphatic heterocycles. The summed E-state index contributed by atoms with van der Waals surface area (Å²) in [6.45, 7) is 3.64. The van der Waals surface area contributed by atoms with Crippen LogP contribution in [-0.4, -0.2) is 70.1 Å². The third kappa shape index (κ3) is 2.69. The van der Waals surface area contributed by atoms with E-state index >= 15 is 0 Å². The number of aliphatic hydroxyl groups excluding tert-OH is 1. The van der Waals surface area contributed by atoms with E-state index in [1.54, 1.807) is 17.3 Å². The normalized spacial score (nSPS) is 16.5. The van der Waals surface area contributed by atoms with E-state index in [9.17, 15) is 4.79 Å². The van der Waals surface area contributed by atoms with Crippen molar-refractivity contribution in [1.29, 1.82) is 0 Å². The molecule has 0 unspecified atom stereocenters. The summed E-state index contributed by atoms with van der Waals surface area (Å²) in [6, 6.07) is 0. The molecule has 0 spiro atoms. The lowest BCUT2D eigenvalue weighted by molar-refractivity contribution is 0.0620. The molecule has 0 bridgehead atoms. The number of β-amino-alcohol motifs (C(OH)–C–C–N with tert-alkyl or cyclic N) is 1. The summed E-state index contributed by atoms with van der Waals surface area (Å²) in [7, 11) is 0. The second kappa shape index (κ2) is 5.92. The molecule has 1 saturated heterocycles. The Hall–Kier alpha value is -1.77. The summed E-state index contributed by atoms with van der Waals surface area (Å²) in [5, 5.41) is 8.94. The highest BCUT2D eigenvalue weighted by molar-refractivity contribution is 7.21. The number of nitrogens with zero attached hydrogens (tertiary/aromatic N) is 4. The van der Waals surface area contributed by atoms with Crippen LogP contribution in [0.15, 0.2) is 12.4 Å². The molecule has 1 amide bonds. The molecule has 0 aromatic carbocycles. The van der Waals surface area contributed by atoms with Gasteiger partial charge in [0.1, 0.15) is 15.2 Å². The third-order valence-electron chi connectivity index (χ3n) is 3.63. The maximum Gasteiger partial charge on any atom is 0.266 e. The van der Waals surface area contributed by atoms with E-state index in [4.69, 9.17) is 10.8 Å². The Balaban J connectivity index is 1.77. The van der Waals surface area contributed by atoms with Crippen LogP contribution in [0.2, 0.25) is 0 Å². The van der Waals surface area contributed by atoms with Crippen molar-refractivity contribution in [2.24, 2.45) is 0 Å². The Morgan fingerprint density at radius 2 is 2.00 bits per heavy atom. The number of rotatable bonds is 3. The van der Waals surface area contributed by atoms with Crippen LogP contribution in [0.5, 0.6) is 0 Å². The Bertz CT molecular complexity index is 651. The number of carbonyl (C=O) groups excluding carboxylic acids is 1. The first-order chi connectivity index (χ1) is 10.2. The third-order valence-corrected chi connectivity index (χ3v) is 4.72. The van der Waals surface area contributed by atoms with E-state index in [0.717, 1.165) is 13.1 Å². The second-order valence-electron chi connectivity index (χ2n) is 4.91. The minimum Gasteiger partial charge on any atom is -0.396 e. The number of amides is 1. The molecule has 1 aliphatic rings. The van der Waals surface area contributed by atoms with Gasteiger partial charge in [-0.3, -0.25) is 9.69 Å². The summed E-state index contributed by atoms with van der Waals surface area (Å²) in [5.41, 5.74) is 7.06. The maximum atomic E-state index is 12.6. The van der Waals surface area contributed by atoms with Crippen molar-refractivity contribution in [3.63, 3.8) is 0 Å². The molecule has 7 nitrogen and oxygen atoms in total. The van der Waals surface area contributed by atoms with Gasteiger partial charge >= 0.3 is 0 Å². The van der Waals surface area contributed by atoms with Crippen LogP contribution in [0.25, 0.3) is 10.3 Å². The number of nitrogens with two attached hydrogens (primary N) is 1. The van der Waals surface area contributed by atoms with E-state index in [0.29, 0.717) is 40.5 Å². The first kappa shape index (κ1) is 14.2. The zero-order chi connectivity index (χ0) is 14.8. The van der Waals surface area contributed by atoms with Crippen LogP contribution in [0, 0.1) is 0 Å². The molecule has 3 rings (SSSR count). The first-order valence-corrected chi connectivity index (χ1v) is 7.64. The molecule has 21 heavy (non-hydrogen) atoms. The average Bonchev–Trinajstić information content (AvgIpc) is 2.85. The Kier molecular flexibility index (Phi) is 4.00. The summed E-state index contributed by atoms with van der Waals surface area (Å²) >= 11 is 1.29. The minimum atomic E-state index is -0.0547. The highest BCUT2D eigenvalue weighted by Gasteiger charge is 2.26. The molecule has 8 heteroatoms. The highest BCUT2D eigenvalue weighted by Crippen LogP contribution is 2.31. The summed E-state index contributed by atoms with van der Waals surface area (Å²) in [5.74, 6) is -0.0547. The number of hydrogen-bond acceptors (Lipinski definition) is 7. The second-order valence-corrected chi connectivity index (χ2v) is 5.91. The van der Waals surface area contributed by atoms with E-state index in [2.05, 4.69) is 14.9 Å². The molecule has 3 N–H and O–H groups in total. The smallest absolute Gasteiger partial charge is 0.266 e. The van der Waals surface area contributed by atoms with Crippen molar-refractivity contribution in [1.82, 2.24) is 19.8 Å². The van der Waals surface area contributed by atoms with Gasteiger partial charge < -0.3 is 15.7 Å². The fourth-order valence-electron chi connectivity index (χ4n) is 2.46. The van der Waals surface area contributed by atoms with Crippen molar-refractivity contribution in [2.75, 3.05) is 45.1 Å². The standard InChI is InChI=1S/C13H17N5O2S/c14-9-10-12(16-2-1-15-10)21-11(9)13(20)18-5-3-17(4-6-18)7-8-19/h1-2,19H,3-8,14H2. The summed E-state index contributed by atoms with van der Waals surface area (Å²) in [4.78, 5) is 26.1. The minimum absolute atomic E-state index is 0.0547. The predicted octanol–water partition coefficient (Wildman–Crippen LogP) is 0.0236. The molecular weight excluding hydrogens is 290 g/mol. The first-order valence-electron chi connectivity index (χ1n) is 6.82. The van der Waals surface area contributed by atoms with Gasteiger partial charge in [-0.05, 0) is 0 Å². The number of carbonyl (C=O) groups is 1. The van der Waals surface area contributed by atoms with E-state index in [1.807, 2.05) is 0 Å². The Labute approximate surface area is 126 Å².